The van der Waals surface area contributed by atoms with Crippen molar-refractivity contribution < 1.29 is 4.79 Å². The summed E-state index contributed by atoms with van der Waals surface area (Å²) in [5, 5.41) is 4.03. The first-order chi connectivity index (χ1) is 11.6. The average molecular weight is 383 g/mol. The van der Waals surface area contributed by atoms with Gasteiger partial charge in [-0.2, -0.15) is 0 Å². The molecule has 0 spiro atoms. The molecule has 5 heteroatoms. The van der Waals surface area contributed by atoms with Crippen molar-refractivity contribution in [1.29, 1.82) is 0 Å². The van der Waals surface area contributed by atoms with Gasteiger partial charge < -0.3 is 11.1 Å². The van der Waals surface area contributed by atoms with E-state index in [-0.39, 0.29) is 29.6 Å². The third-order valence-corrected chi connectivity index (χ3v) is 6.95. The van der Waals surface area contributed by atoms with Crippen LogP contribution in [0.15, 0.2) is 24.3 Å². The van der Waals surface area contributed by atoms with Crippen LogP contribution in [0.3, 0.4) is 0 Å². The van der Waals surface area contributed by atoms with E-state index in [1.54, 1.807) is 0 Å². The normalized spacial score (nSPS) is 32.4. The molecule has 3 aliphatic carbocycles. The molecule has 3 aliphatic rings. The van der Waals surface area contributed by atoms with Crippen molar-refractivity contribution in [1.82, 2.24) is 5.32 Å². The van der Waals surface area contributed by atoms with Crippen LogP contribution in [-0.4, -0.2) is 18.5 Å². The minimum atomic E-state index is 0. The summed E-state index contributed by atoms with van der Waals surface area (Å²) in [5.74, 6) is 1.53. The first kappa shape index (κ1) is 19.0. The van der Waals surface area contributed by atoms with Gasteiger partial charge in [-0.25, -0.2) is 0 Å². The molecule has 0 aromatic heterocycles. The SMILES string of the molecule is Cl.NC1C2CCCC1CC(C(=O)NCC1(c3ccc(Cl)cc3)CC1)C2. The molecule has 2 bridgehead atoms. The van der Waals surface area contributed by atoms with Crippen molar-refractivity contribution >= 4 is 29.9 Å². The van der Waals surface area contributed by atoms with E-state index in [4.69, 9.17) is 17.3 Å². The molecule has 1 aromatic carbocycles. The van der Waals surface area contributed by atoms with Crippen LogP contribution >= 0.6 is 24.0 Å². The third kappa shape index (κ3) is 3.84. The number of nitrogens with two attached hydrogens (primary N) is 1. The fourth-order valence-corrected chi connectivity index (χ4v) is 5.05. The maximum Gasteiger partial charge on any atom is 0.223 e. The summed E-state index contributed by atoms with van der Waals surface area (Å²) in [6, 6.07) is 8.42. The predicted octanol–water partition coefficient (Wildman–Crippen LogP) is 4.06. The standard InChI is InChI=1S/C20H27ClN2O.ClH/c21-17-6-4-16(5-7-17)20(8-9-20)12-23-19(24)15-10-13-2-1-3-14(11-15)18(13)22;/h4-7,13-15,18H,1-3,8-12,22H2,(H,23,24);1H. The molecule has 138 valence electrons. The molecule has 3 nitrogen and oxygen atoms in total. The zero-order chi connectivity index (χ0) is 16.7. The Balaban J connectivity index is 0.00000182. The van der Waals surface area contributed by atoms with Gasteiger partial charge in [0.1, 0.15) is 0 Å². The second kappa shape index (κ2) is 7.46. The zero-order valence-electron chi connectivity index (χ0n) is 14.5. The molecule has 2 unspecified atom stereocenters. The Kier molecular flexibility index (Phi) is 5.67. The van der Waals surface area contributed by atoms with E-state index in [1.807, 2.05) is 12.1 Å². The molecule has 3 saturated carbocycles. The monoisotopic (exact) mass is 382 g/mol. The molecular weight excluding hydrogens is 355 g/mol. The van der Waals surface area contributed by atoms with E-state index < -0.39 is 0 Å². The first-order valence-electron chi connectivity index (χ1n) is 9.37. The Hall–Kier alpha value is -0.770. The highest BCUT2D eigenvalue weighted by Gasteiger charge is 2.45. The van der Waals surface area contributed by atoms with E-state index in [0.717, 1.165) is 37.3 Å². The predicted molar refractivity (Wildman–Crippen MR) is 104 cm³/mol. The van der Waals surface area contributed by atoms with Gasteiger partial charge >= 0.3 is 0 Å². The fourth-order valence-electron chi connectivity index (χ4n) is 4.93. The van der Waals surface area contributed by atoms with Crippen molar-refractivity contribution in [2.45, 2.75) is 56.4 Å². The summed E-state index contributed by atoms with van der Waals surface area (Å²) >= 11 is 5.99. The van der Waals surface area contributed by atoms with E-state index in [0.29, 0.717) is 17.9 Å². The lowest BCUT2D eigenvalue weighted by molar-refractivity contribution is -0.128. The third-order valence-electron chi connectivity index (χ3n) is 6.69. The molecule has 1 aromatic rings. The Morgan fingerprint density at radius 3 is 2.32 bits per heavy atom. The lowest BCUT2D eigenvalue weighted by Gasteiger charge is -2.43. The molecule has 0 radical (unpaired) electrons. The minimum Gasteiger partial charge on any atom is -0.355 e. The van der Waals surface area contributed by atoms with Gasteiger partial charge in [0.05, 0.1) is 0 Å². The van der Waals surface area contributed by atoms with Crippen molar-refractivity contribution in [3.8, 4) is 0 Å². The molecule has 3 N–H and O–H groups in total. The number of nitrogens with one attached hydrogen (secondary N) is 1. The summed E-state index contributed by atoms with van der Waals surface area (Å²) in [5.41, 5.74) is 7.79. The van der Waals surface area contributed by atoms with Crippen LogP contribution in [0.5, 0.6) is 0 Å². The van der Waals surface area contributed by atoms with Crippen LogP contribution in [-0.2, 0) is 10.2 Å². The average Bonchev–Trinajstić information content (AvgIpc) is 3.34. The van der Waals surface area contributed by atoms with Gasteiger partial charge in [-0.05, 0) is 68.1 Å². The highest BCUT2D eigenvalue weighted by Crippen LogP contribution is 2.48. The Labute approximate surface area is 161 Å². The second-order valence-electron chi connectivity index (χ2n) is 8.20. The number of fused-ring (bicyclic) bond motifs is 2. The highest BCUT2D eigenvalue weighted by atomic mass is 35.5. The van der Waals surface area contributed by atoms with Crippen LogP contribution in [0, 0.1) is 17.8 Å². The number of halogens is 2. The maximum absolute atomic E-state index is 12.7. The molecule has 2 atom stereocenters. The summed E-state index contributed by atoms with van der Waals surface area (Å²) < 4.78 is 0. The molecular formula is C20H28Cl2N2O. The van der Waals surface area contributed by atoms with Crippen molar-refractivity contribution in [3.63, 3.8) is 0 Å². The summed E-state index contributed by atoms with van der Waals surface area (Å²) in [6.07, 6.45) is 7.96. The second-order valence-corrected chi connectivity index (χ2v) is 8.64. The number of rotatable bonds is 4. The van der Waals surface area contributed by atoms with Gasteiger partial charge in [-0.15, -0.1) is 12.4 Å². The summed E-state index contributed by atoms with van der Waals surface area (Å²) in [6.45, 7) is 0.755. The van der Waals surface area contributed by atoms with Gasteiger partial charge in [0.25, 0.3) is 0 Å². The molecule has 4 rings (SSSR count). The quantitative estimate of drug-likeness (QED) is 0.824. The van der Waals surface area contributed by atoms with Crippen LogP contribution in [0.2, 0.25) is 5.02 Å². The Morgan fingerprint density at radius 2 is 1.76 bits per heavy atom. The molecule has 25 heavy (non-hydrogen) atoms. The van der Waals surface area contributed by atoms with Crippen LogP contribution in [0.1, 0.15) is 50.5 Å². The van der Waals surface area contributed by atoms with Gasteiger partial charge in [-0.3, -0.25) is 4.79 Å². The van der Waals surface area contributed by atoms with Crippen LogP contribution in [0.4, 0.5) is 0 Å². The van der Waals surface area contributed by atoms with E-state index in [2.05, 4.69) is 17.4 Å². The molecule has 1 amide bonds. The molecule has 0 heterocycles. The van der Waals surface area contributed by atoms with Gasteiger partial charge in [0.15, 0.2) is 0 Å². The number of carbonyl (C=O) groups is 1. The van der Waals surface area contributed by atoms with Gasteiger partial charge in [-0.1, -0.05) is 30.2 Å². The maximum atomic E-state index is 12.7. The number of hydrogen-bond donors (Lipinski definition) is 2. The largest absolute Gasteiger partial charge is 0.355 e. The fraction of sp³-hybridized carbons (Fsp3) is 0.650. The molecule has 3 fully saturated rings. The number of benzene rings is 1. The van der Waals surface area contributed by atoms with Gasteiger partial charge in [0.2, 0.25) is 5.91 Å². The lowest BCUT2D eigenvalue weighted by atomic mass is 9.65. The topological polar surface area (TPSA) is 55.1 Å². The molecule has 0 saturated heterocycles. The van der Waals surface area contributed by atoms with Crippen molar-refractivity contribution in [2.24, 2.45) is 23.5 Å². The number of carbonyl (C=O) groups excluding carboxylic acids is 1. The van der Waals surface area contributed by atoms with E-state index in [9.17, 15) is 4.79 Å². The Morgan fingerprint density at radius 1 is 1.16 bits per heavy atom. The highest BCUT2D eigenvalue weighted by molar-refractivity contribution is 6.30. The van der Waals surface area contributed by atoms with Crippen molar-refractivity contribution in [3.05, 3.63) is 34.9 Å². The number of amides is 1. The van der Waals surface area contributed by atoms with E-state index >= 15 is 0 Å². The lowest BCUT2D eigenvalue weighted by Crippen LogP contribution is -2.49. The van der Waals surface area contributed by atoms with Crippen LogP contribution in [0.25, 0.3) is 0 Å². The summed E-state index contributed by atoms with van der Waals surface area (Å²) in [4.78, 5) is 12.7. The minimum absolute atomic E-state index is 0. The molecule has 0 aliphatic heterocycles. The zero-order valence-corrected chi connectivity index (χ0v) is 16.1. The first-order valence-corrected chi connectivity index (χ1v) is 9.74. The summed E-state index contributed by atoms with van der Waals surface area (Å²) in [7, 11) is 0. The Bertz CT molecular complexity index is 601. The van der Waals surface area contributed by atoms with Crippen molar-refractivity contribution in [2.75, 3.05) is 6.54 Å². The number of hydrogen-bond acceptors (Lipinski definition) is 2. The smallest absolute Gasteiger partial charge is 0.223 e. The van der Waals surface area contributed by atoms with Gasteiger partial charge in [0, 0.05) is 28.9 Å². The van der Waals surface area contributed by atoms with E-state index in [1.165, 1.54) is 24.8 Å². The van der Waals surface area contributed by atoms with Crippen LogP contribution < -0.4 is 11.1 Å².